The van der Waals surface area contributed by atoms with Gasteiger partial charge in [0.05, 0.1) is 0 Å². The lowest BCUT2D eigenvalue weighted by Gasteiger charge is -2.20. The van der Waals surface area contributed by atoms with Crippen LogP contribution in [0, 0.1) is 18.3 Å². The van der Waals surface area contributed by atoms with Crippen LogP contribution in [0.1, 0.15) is 37.8 Å². The molecule has 0 atom stereocenters. The molecule has 1 aliphatic rings. The van der Waals surface area contributed by atoms with Crippen molar-refractivity contribution in [2.75, 3.05) is 6.54 Å². The van der Waals surface area contributed by atoms with Crippen molar-refractivity contribution in [2.24, 2.45) is 11.3 Å². The molecule has 1 nitrogen and oxygen atoms in total. The molecule has 2 heteroatoms. The Morgan fingerprint density at radius 3 is 2.59 bits per heavy atom. The van der Waals surface area contributed by atoms with Gasteiger partial charge in [-0.1, -0.05) is 41.9 Å². The lowest BCUT2D eigenvalue weighted by molar-refractivity contribution is 0.338. The fraction of sp³-hybridized carbons (Fsp3) is 0.600. The summed E-state index contributed by atoms with van der Waals surface area (Å²) in [5, 5.41) is 3.61. The lowest BCUT2D eigenvalue weighted by Crippen LogP contribution is -2.27. The standard InChI is InChI=1S/C15H22BrN/c1-11(2)15(6-7-15)10-17-9-13-5-4-12(3)14(16)8-13/h4-5,8,11,17H,6-7,9-10H2,1-3H3. The van der Waals surface area contributed by atoms with Crippen LogP contribution in [0.4, 0.5) is 0 Å². The van der Waals surface area contributed by atoms with Crippen LogP contribution in [-0.2, 0) is 6.54 Å². The summed E-state index contributed by atoms with van der Waals surface area (Å²) >= 11 is 3.59. The van der Waals surface area contributed by atoms with Gasteiger partial charge in [-0.25, -0.2) is 0 Å². The number of benzene rings is 1. The Balaban J connectivity index is 1.84. The average molecular weight is 296 g/mol. The Morgan fingerprint density at radius 1 is 1.35 bits per heavy atom. The summed E-state index contributed by atoms with van der Waals surface area (Å²) < 4.78 is 1.21. The molecule has 1 aromatic rings. The van der Waals surface area contributed by atoms with Gasteiger partial charge in [0.1, 0.15) is 0 Å². The molecule has 0 spiro atoms. The fourth-order valence-electron chi connectivity index (χ4n) is 2.32. The highest BCUT2D eigenvalue weighted by Crippen LogP contribution is 2.51. The van der Waals surface area contributed by atoms with E-state index in [1.807, 2.05) is 0 Å². The minimum absolute atomic E-state index is 0.599. The highest BCUT2D eigenvalue weighted by molar-refractivity contribution is 9.10. The van der Waals surface area contributed by atoms with Gasteiger partial charge in [0.25, 0.3) is 0 Å². The first kappa shape index (κ1) is 13.1. The molecule has 17 heavy (non-hydrogen) atoms. The smallest absolute Gasteiger partial charge is 0.0207 e. The summed E-state index contributed by atoms with van der Waals surface area (Å²) in [4.78, 5) is 0. The Labute approximate surface area is 113 Å². The molecule has 1 N–H and O–H groups in total. The quantitative estimate of drug-likeness (QED) is 0.855. The van der Waals surface area contributed by atoms with Crippen LogP contribution in [0.15, 0.2) is 22.7 Å². The maximum absolute atomic E-state index is 3.61. The van der Waals surface area contributed by atoms with E-state index in [0.29, 0.717) is 5.41 Å². The molecule has 0 radical (unpaired) electrons. The van der Waals surface area contributed by atoms with Gasteiger partial charge in [-0.2, -0.15) is 0 Å². The molecule has 0 saturated heterocycles. The Bertz CT molecular complexity index is 394. The van der Waals surface area contributed by atoms with Gasteiger partial charge in [0.2, 0.25) is 0 Å². The van der Waals surface area contributed by atoms with E-state index < -0.39 is 0 Å². The third kappa shape index (κ3) is 3.11. The second-order valence-corrected chi connectivity index (χ2v) is 6.56. The van der Waals surface area contributed by atoms with Crippen LogP contribution < -0.4 is 5.32 Å². The molecule has 2 rings (SSSR count). The van der Waals surface area contributed by atoms with Crippen molar-refractivity contribution in [1.82, 2.24) is 5.32 Å². The number of aryl methyl sites for hydroxylation is 1. The number of nitrogens with one attached hydrogen (secondary N) is 1. The van der Waals surface area contributed by atoms with E-state index in [2.05, 4.69) is 60.2 Å². The zero-order valence-electron chi connectivity index (χ0n) is 11.0. The second kappa shape index (κ2) is 5.11. The van der Waals surface area contributed by atoms with E-state index in [-0.39, 0.29) is 0 Å². The van der Waals surface area contributed by atoms with Crippen LogP contribution in [0.5, 0.6) is 0 Å². The summed E-state index contributed by atoms with van der Waals surface area (Å²) in [7, 11) is 0. The van der Waals surface area contributed by atoms with Gasteiger partial charge in [-0.3, -0.25) is 0 Å². The number of hydrogen-bond acceptors (Lipinski definition) is 1. The van der Waals surface area contributed by atoms with E-state index in [9.17, 15) is 0 Å². The van der Waals surface area contributed by atoms with E-state index >= 15 is 0 Å². The zero-order valence-corrected chi connectivity index (χ0v) is 12.6. The van der Waals surface area contributed by atoms with Crippen LogP contribution in [-0.4, -0.2) is 6.54 Å². The Kier molecular flexibility index (Phi) is 3.94. The predicted octanol–water partition coefficient (Wildman–Crippen LogP) is 4.28. The van der Waals surface area contributed by atoms with Crippen molar-refractivity contribution >= 4 is 15.9 Å². The third-order valence-corrected chi connectivity index (χ3v) is 5.01. The molecule has 1 saturated carbocycles. The van der Waals surface area contributed by atoms with Crippen molar-refractivity contribution in [3.8, 4) is 0 Å². The molecule has 0 amide bonds. The van der Waals surface area contributed by atoms with Gasteiger partial charge in [-0.05, 0) is 48.3 Å². The van der Waals surface area contributed by atoms with Gasteiger partial charge >= 0.3 is 0 Å². The highest BCUT2D eigenvalue weighted by Gasteiger charge is 2.44. The summed E-state index contributed by atoms with van der Waals surface area (Å²) in [6, 6.07) is 6.61. The molecule has 0 heterocycles. The molecular weight excluding hydrogens is 274 g/mol. The maximum atomic E-state index is 3.61. The van der Waals surface area contributed by atoms with E-state index in [4.69, 9.17) is 0 Å². The van der Waals surface area contributed by atoms with Gasteiger partial charge in [0, 0.05) is 17.6 Å². The number of halogens is 1. The minimum atomic E-state index is 0.599. The molecular formula is C15H22BrN. The van der Waals surface area contributed by atoms with Crippen molar-refractivity contribution in [3.63, 3.8) is 0 Å². The first-order chi connectivity index (χ1) is 8.03. The van der Waals surface area contributed by atoms with Crippen molar-refractivity contribution in [2.45, 2.75) is 40.2 Å². The van der Waals surface area contributed by atoms with Crippen molar-refractivity contribution in [1.29, 1.82) is 0 Å². The summed E-state index contributed by atoms with van der Waals surface area (Å²) in [5.41, 5.74) is 3.26. The van der Waals surface area contributed by atoms with Gasteiger partial charge in [-0.15, -0.1) is 0 Å². The maximum Gasteiger partial charge on any atom is 0.0207 e. The fourth-order valence-corrected chi connectivity index (χ4v) is 2.75. The van der Waals surface area contributed by atoms with Crippen LogP contribution in [0.3, 0.4) is 0 Å². The average Bonchev–Trinajstić information content (AvgIpc) is 3.04. The van der Waals surface area contributed by atoms with E-state index in [0.717, 1.165) is 19.0 Å². The largest absolute Gasteiger partial charge is 0.312 e. The molecule has 1 aromatic carbocycles. The van der Waals surface area contributed by atoms with Crippen molar-refractivity contribution in [3.05, 3.63) is 33.8 Å². The van der Waals surface area contributed by atoms with Gasteiger partial charge < -0.3 is 5.32 Å². The number of hydrogen-bond donors (Lipinski definition) is 1. The molecule has 0 aliphatic heterocycles. The van der Waals surface area contributed by atoms with Crippen LogP contribution in [0.2, 0.25) is 0 Å². The van der Waals surface area contributed by atoms with Crippen LogP contribution in [0.25, 0.3) is 0 Å². The molecule has 0 unspecified atom stereocenters. The zero-order chi connectivity index (χ0) is 12.5. The normalized spacial score (nSPS) is 17.5. The first-order valence-corrected chi connectivity index (χ1v) is 7.28. The third-order valence-electron chi connectivity index (χ3n) is 4.16. The monoisotopic (exact) mass is 295 g/mol. The minimum Gasteiger partial charge on any atom is -0.312 e. The molecule has 94 valence electrons. The molecule has 0 bridgehead atoms. The molecule has 0 aromatic heterocycles. The highest BCUT2D eigenvalue weighted by atomic mass is 79.9. The Hall–Kier alpha value is -0.340. The summed E-state index contributed by atoms with van der Waals surface area (Å²) in [6.07, 6.45) is 2.80. The predicted molar refractivity (Wildman–Crippen MR) is 77.1 cm³/mol. The van der Waals surface area contributed by atoms with E-state index in [1.165, 1.54) is 28.4 Å². The SMILES string of the molecule is Cc1ccc(CNCC2(C(C)C)CC2)cc1Br. The van der Waals surface area contributed by atoms with Crippen LogP contribution >= 0.6 is 15.9 Å². The second-order valence-electron chi connectivity index (χ2n) is 5.70. The van der Waals surface area contributed by atoms with Crippen molar-refractivity contribution < 1.29 is 0 Å². The molecule has 1 aliphatic carbocycles. The molecule has 1 fully saturated rings. The van der Waals surface area contributed by atoms with Gasteiger partial charge in [0.15, 0.2) is 0 Å². The lowest BCUT2D eigenvalue weighted by atomic mass is 9.92. The number of rotatable bonds is 5. The summed E-state index contributed by atoms with van der Waals surface area (Å²) in [6.45, 7) is 8.96. The topological polar surface area (TPSA) is 12.0 Å². The van der Waals surface area contributed by atoms with E-state index in [1.54, 1.807) is 0 Å². The summed E-state index contributed by atoms with van der Waals surface area (Å²) in [5.74, 6) is 0.805. The Morgan fingerprint density at radius 2 is 2.06 bits per heavy atom. The first-order valence-electron chi connectivity index (χ1n) is 6.49.